The molecule has 108 valence electrons. The van der Waals surface area contributed by atoms with Crippen LogP contribution in [0, 0.1) is 0 Å². The average molecular weight is 296 g/mol. The van der Waals surface area contributed by atoms with Gasteiger partial charge in [0.25, 0.3) is 0 Å². The second-order valence-electron chi connectivity index (χ2n) is 5.98. The predicted octanol–water partition coefficient (Wildman–Crippen LogP) is 2.51. The third-order valence-electron chi connectivity index (χ3n) is 4.64. The van der Waals surface area contributed by atoms with Crippen LogP contribution in [0.4, 0.5) is 0 Å². The van der Waals surface area contributed by atoms with E-state index in [1.54, 1.807) is 0 Å². The van der Waals surface area contributed by atoms with Crippen LogP contribution in [-0.4, -0.2) is 37.5 Å². The molecule has 1 spiro atoms. The molecule has 1 aromatic heterocycles. The van der Waals surface area contributed by atoms with Crippen molar-refractivity contribution in [3.05, 3.63) is 22.5 Å². The van der Waals surface area contributed by atoms with Gasteiger partial charge in [0.05, 0.1) is 25.5 Å². The summed E-state index contributed by atoms with van der Waals surface area (Å²) < 4.78 is 16.9. The first-order valence-corrected chi connectivity index (χ1v) is 7.67. The van der Waals surface area contributed by atoms with Crippen LogP contribution in [0.5, 0.6) is 5.75 Å². The van der Waals surface area contributed by atoms with Gasteiger partial charge in [-0.2, -0.15) is 0 Å². The zero-order valence-corrected chi connectivity index (χ0v) is 12.1. The highest BCUT2D eigenvalue weighted by Gasteiger charge is 2.43. The SMILES string of the molecule is Clc1cc(OC2COC2)c2c(n1)C1(CCC2)CCOC1. The van der Waals surface area contributed by atoms with Gasteiger partial charge < -0.3 is 14.2 Å². The van der Waals surface area contributed by atoms with Crippen LogP contribution < -0.4 is 4.74 Å². The highest BCUT2D eigenvalue weighted by molar-refractivity contribution is 6.29. The summed E-state index contributed by atoms with van der Waals surface area (Å²) in [6.45, 7) is 2.92. The van der Waals surface area contributed by atoms with Gasteiger partial charge in [0.1, 0.15) is 17.0 Å². The van der Waals surface area contributed by atoms with Gasteiger partial charge in [-0.05, 0) is 25.7 Å². The molecule has 0 amide bonds. The lowest BCUT2D eigenvalue weighted by Gasteiger charge is -2.35. The van der Waals surface area contributed by atoms with Gasteiger partial charge in [0, 0.05) is 23.7 Å². The van der Waals surface area contributed by atoms with Crippen molar-refractivity contribution in [1.29, 1.82) is 0 Å². The van der Waals surface area contributed by atoms with E-state index < -0.39 is 0 Å². The van der Waals surface area contributed by atoms with Gasteiger partial charge in [0.15, 0.2) is 0 Å². The summed E-state index contributed by atoms with van der Waals surface area (Å²) >= 11 is 6.22. The third kappa shape index (κ3) is 2.01. The number of pyridine rings is 1. The summed E-state index contributed by atoms with van der Waals surface area (Å²) in [5.41, 5.74) is 2.41. The maximum absolute atomic E-state index is 6.22. The van der Waals surface area contributed by atoms with Crippen molar-refractivity contribution in [2.75, 3.05) is 26.4 Å². The lowest BCUT2D eigenvalue weighted by atomic mass is 9.72. The number of hydrogen-bond acceptors (Lipinski definition) is 4. The number of nitrogens with zero attached hydrogens (tertiary/aromatic N) is 1. The van der Waals surface area contributed by atoms with Crippen LogP contribution in [0.25, 0.3) is 0 Å². The Hall–Kier alpha value is -0.840. The molecule has 4 nitrogen and oxygen atoms in total. The molecule has 1 aromatic rings. The fourth-order valence-electron chi connectivity index (χ4n) is 3.48. The number of rotatable bonds is 2. The molecule has 0 aromatic carbocycles. The Labute approximate surface area is 123 Å². The molecule has 2 saturated heterocycles. The first-order valence-electron chi connectivity index (χ1n) is 7.29. The summed E-state index contributed by atoms with van der Waals surface area (Å²) in [5.74, 6) is 0.902. The second-order valence-corrected chi connectivity index (χ2v) is 6.37. The zero-order valence-electron chi connectivity index (χ0n) is 11.4. The van der Waals surface area contributed by atoms with Crippen LogP contribution >= 0.6 is 11.6 Å². The molecule has 3 heterocycles. The van der Waals surface area contributed by atoms with Crippen LogP contribution in [0.15, 0.2) is 6.07 Å². The van der Waals surface area contributed by atoms with Crippen molar-refractivity contribution >= 4 is 11.6 Å². The van der Waals surface area contributed by atoms with E-state index in [-0.39, 0.29) is 11.5 Å². The Morgan fingerprint density at radius 1 is 1.30 bits per heavy atom. The van der Waals surface area contributed by atoms with E-state index in [4.69, 9.17) is 25.8 Å². The third-order valence-corrected chi connectivity index (χ3v) is 4.83. The first kappa shape index (κ1) is 12.9. The van der Waals surface area contributed by atoms with E-state index in [1.165, 1.54) is 5.56 Å². The monoisotopic (exact) mass is 295 g/mol. The molecular weight excluding hydrogens is 278 g/mol. The topological polar surface area (TPSA) is 40.6 Å². The predicted molar refractivity (Wildman–Crippen MR) is 74.5 cm³/mol. The van der Waals surface area contributed by atoms with Gasteiger partial charge in [-0.25, -0.2) is 4.98 Å². The molecular formula is C15H18ClNO3. The lowest BCUT2D eigenvalue weighted by molar-refractivity contribution is -0.0801. The molecule has 1 unspecified atom stereocenters. The van der Waals surface area contributed by atoms with Crippen molar-refractivity contribution in [2.45, 2.75) is 37.2 Å². The van der Waals surface area contributed by atoms with Gasteiger partial charge in [-0.3, -0.25) is 0 Å². The minimum Gasteiger partial charge on any atom is -0.485 e. The largest absolute Gasteiger partial charge is 0.485 e. The van der Waals surface area contributed by atoms with Crippen LogP contribution in [-0.2, 0) is 21.3 Å². The quantitative estimate of drug-likeness (QED) is 0.786. The molecule has 0 bridgehead atoms. The van der Waals surface area contributed by atoms with Crippen molar-refractivity contribution in [1.82, 2.24) is 4.98 Å². The van der Waals surface area contributed by atoms with Gasteiger partial charge in [0.2, 0.25) is 0 Å². The minimum absolute atomic E-state index is 0.0622. The number of ether oxygens (including phenoxy) is 3. The molecule has 1 aliphatic carbocycles. The molecule has 5 heteroatoms. The fourth-order valence-corrected chi connectivity index (χ4v) is 3.66. The summed E-state index contributed by atoms with van der Waals surface area (Å²) in [5, 5.41) is 0.521. The van der Waals surface area contributed by atoms with E-state index in [1.807, 2.05) is 6.07 Å². The minimum atomic E-state index is 0.0622. The number of aromatic nitrogens is 1. The van der Waals surface area contributed by atoms with Crippen molar-refractivity contribution in [2.24, 2.45) is 0 Å². The standard InChI is InChI=1S/C15H18ClNO3/c16-13-6-12(20-10-7-19-8-10)11-2-1-3-15(14(11)17-13)4-5-18-9-15/h6,10H,1-5,7-9H2. The fraction of sp³-hybridized carbons (Fsp3) is 0.667. The summed E-state index contributed by atoms with van der Waals surface area (Å²) in [6, 6.07) is 1.85. The number of fused-ring (bicyclic) bond motifs is 2. The zero-order chi connectivity index (χ0) is 13.6. The Morgan fingerprint density at radius 2 is 2.20 bits per heavy atom. The smallest absolute Gasteiger partial charge is 0.145 e. The summed E-state index contributed by atoms with van der Waals surface area (Å²) in [6.07, 6.45) is 4.52. The van der Waals surface area contributed by atoms with Crippen molar-refractivity contribution < 1.29 is 14.2 Å². The van der Waals surface area contributed by atoms with Crippen LogP contribution in [0.2, 0.25) is 5.15 Å². The Bertz CT molecular complexity index is 524. The van der Waals surface area contributed by atoms with E-state index in [0.717, 1.165) is 50.3 Å². The van der Waals surface area contributed by atoms with Crippen LogP contribution in [0.3, 0.4) is 0 Å². The average Bonchev–Trinajstić information content (AvgIpc) is 2.84. The maximum Gasteiger partial charge on any atom is 0.145 e. The second kappa shape index (κ2) is 4.86. The molecule has 3 aliphatic rings. The van der Waals surface area contributed by atoms with E-state index >= 15 is 0 Å². The van der Waals surface area contributed by atoms with E-state index in [9.17, 15) is 0 Å². The Kier molecular flexibility index (Phi) is 3.13. The van der Waals surface area contributed by atoms with E-state index in [2.05, 4.69) is 4.98 Å². The molecule has 20 heavy (non-hydrogen) atoms. The molecule has 1 atom stereocenters. The molecule has 0 radical (unpaired) electrons. The summed E-state index contributed by atoms with van der Waals surface area (Å²) in [7, 11) is 0. The molecule has 2 aliphatic heterocycles. The van der Waals surface area contributed by atoms with E-state index in [0.29, 0.717) is 18.4 Å². The highest BCUT2D eigenvalue weighted by Crippen LogP contribution is 2.45. The maximum atomic E-state index is 6.22. The van der Waals surface area contributed by atoms with Crippen molar-refractivity contribution in [3.63, 3.8) is 0 Å². The lowest BCUT2D eigenvalue weighted by Crippen LogP contribution is -2.39. The molecule has 0 N–H and O–H groups in total. The normalized spacial score (nSPS) is 29.2. The number of halogens is 1. The van der Waals surface area contributed by atoms with Gasteiger partial charge >= 0.3 is 0 Å². The number of hydrogen-bond donors (Lipinski definition) is 0. The molecule has 2 fully saturated rings. The Balaban J connectivity index is 1.75. The van der Waals surface area contributed by atoms with Crippen molar-refractivity contribution in [3.8, 4) is 5.75 Å². The first-order chi connectivity index (χ1) is 9.77. The summed E-state index contributed by atoms with van der Waals surface area (Å²) in [4.78, 5) is 4.63. The van der Waals surface area contributed by atoms with Gasteiger partial charge in [-0.15, -0.1) is 0 Å². The van der Waals surface area contributed by atoms with Crippen LogP contribution in [0.1, 0.15) is 30.5 Å². The molecule has 0 saturated carbocycles. The molecule has 4 rings (SSSR count). The Morgan fingerprint density at radius 3 is 2.90 bits per heavy atom. The van der Waals surface area contributed by atoms with Gasteiger partial charge in [-0.1, -0.05) is 11.6 Å². The highest BCUT2D eigenvalue weighted by atomic mass is 35.5.